The van der Waals surface area contributed by atoms with Gasteiger partial charge >= 0.3 is 0 Å². The maximum absolute atomic E-state index is 13.0. The second-order valence-corrected chi connectivity index (χ2v) is 9.39. The van der Waals surface area contributed by atoms with Gasteiger partial charge in [-0.05, 0) is 62.1 Å². The van der Waals surface area contributed by atoms with Crippen LogP contribution in [-0.2, 0) is 19.6 Å². The van der Waals surface area contributed by atoms with E-state index in [1.807, 2.05) is 0 Å². The third kappa shape index (κ3) is 5.66. The van der Waals surface area contributed by atoms with Gasteiger partial charge in [-0.2, -0.15) is 0 Å². The van der Waals surface area contributed by atoms with Gasteiger partial charge in [0, 0.05) is 38.1 Å². The Morgan fingerprint density at radius 3 is 2.53 bits per heavy atom. The fourth-order valence-corrected chi connectivity index (χ4v) is 5.05. The van der Waals surface area contributed by atoms with Crippen LogP contribution in [0, 0.1) is 6.92 Å². The van der Waals surface area contributed by atoms with Gasteiger partial charge in [0.25, 0.3) is 15.9 Å². The Balaban J connectivity index is 1.65. The highest BCUT2D eigenvalue weighted by Gasteiger charge is 2.34. The maximum atomic E-state index is 13.0. The Morgan fingerprint density at radius 2 is 1.84 bits per heavy atom. The number of anilines is 1. The summed E-state index contributed by atoms with van der Waals surface area (Å²) in [5, 5.41) is 2.86. The van der Waals surface area contributed by atoms with Gasteiger partial charge in [-0.25, -0.2) is 8.42 Å². The van der Waals surface area contributed by atoms with Gasteiger partial charge in [-0.1, -0.05) is 18.2 Å². The molecule has 0 spiro atoms. The summed E-state index contributed by atoms with van der Waals surface area (Å²) in [4.78, 5) is 27.3. The summed E-state index contributed by atoms with van der Waals surface area (Å²) >= 11 is 0. The number of likely N-dealkylation sites (tertiary alicyclic amines) is 1. The molecule has 1 fully saturated rings. The predicted octanol–water partition coefficient (Wildman–Crippen LogP) is 2.55. The number of benzene rings is 2. The van der Waals surface area contributed by atoms with Crippen LogP contribution < -0.4 is 10.0 Å². The SMILES string of the molecule is COCCCNC(=O)[C@@H]1CCCN1C(=O)c1ccc(NS(=O)(=O)c2ccccc2C)cc1. The molecule has 1 aliphatic heterocycles. The third-order valence-electron chi connectivity index (χ3n) is 5.41. The van der Waals surface area contributed by atoms with Crippen molar-refractivity contribution < 1.29 is 22.7 Å². The lowest BCUT2D eigenvalue weighted by Crippen LogP contribution is -2.46. The zero-order valence-electron chi connectivity index (χ0n) is 18.3. The molecule has 1 heterocycles. The van der Waals surface area contributed by atoms with Crippen LogP contribution in [-0.4, -0.2) is 58.0 Å². The van der Waals surface area contributed by atoms with Crippen LogP contribution in [0.3, 0.4) is 0 Å². The Bertz CT molecular complexity index is 1050. The van der Waals surface area contributed by atoms with Crippen molar-refractivity contribution in [1.82, 2.24) is 10.2 Å². The molecular weight excluding hydrogens is 430 g/mol. The molecule has 1 aliphatic rings. The van der Waals surface area contributed by atoms with Gasteiger partial charge < -0.3 is 15.0 Å². The quantitative estimate of drug-likeness (QED) is 0.561. The number of hydrogen-bond acceptors (Lipinski definition) is 5. The Hall–Kier alpha value is -2.91. The van der Waals surface area contributed by atoms with Crippen molar-refractivity contribution in [2.75, 3.05) is 31.5 Å². The molecule has 2 aromatic rings. The van der Waals surface area contributed by atoms with E-state index in [0.717, 1.165) is 6.42 Å². The van der Waals surface area contributed by atoms with E-state index in [9.17, 15) is 18.0 Å². The van der Waals surface area contributed by atoms with Gasteiger partial charge in [0.1, 0.15) is 6.04 Å². The molecule has 0 aliphatic carbocycles. The lowest BCUT2D eigenvalue weighted by Gasteiger charge is -2.24. The molecule has 1 atom stereocenters. The fraction of sp³-hybridized carbons (Fsp3) is 0.391. The number of aryl methyl sites for hydroxylation is 1. The molecule has 8 nitrogen and oxygen atoms in total. The molecule has 0 bridgehead atoms. The van der Waals surface area contributed by atoms with Crippen LogP contribution in [0.1, 0.15) is 35.2 Å². The first kappa shape index (κ1) is 23.7. The summed E-state index contributed by atoms with van der Waals surface area (Å²) in [6, 6.07) is 12.5. The number of carbonyl (C=O) groups excluding carboxylic acids is 2. The van der Waals surface area contributed by atoms with Crippen molar-refractivity contribution >= 4 is 27.5 Å². The normalized spacial score (nSPS) is 16.1. The summed E-state index contributed by atoms with van der Waals surface area (Å²) < 4.78 is 32.8. The molecule has 2 N–H and O–H groups in total. The van der Waals surface area contributed by atoms with Crippen LogP contribution >= 0.6 is 0 Å². The monoisotopic (exact) mass is 459 g/mol. The average Bonchev–Trinajstić information content (AvgIpc) is 3.26. The summed E-state index contributed by atoms with van der Waals surface area (Å²) in [5.41, 5.74) is 1.41. The first-order valence-electron chi connectivity index (χ1n) is 10.6. The Kier molecular flexibility index (Phi) is 7.87. The summed E-state index contributed by atoms with van der Waals surface area (Å²) in [7, 11) is -2.12. The first-order valence-corrected chi connectivity index (χ1v) is 12.1. The Labute approximate surface area is 189 Å². The molecule has 0 radical (unpaired) electrons. The van der Waals surface area contributed by atoms with Crippen molar-refractivity contribution in [3.05, 3.63) is 59.7 Å². The number of sulfonamides is 1. The van der Waals surface area contributed by atoms with Gasteiger partial charge in [-0.3, -0.25) is 14.3 Å². The number of ether oxygens (including phenoxy) is 1. The molecule has 0 aromatic heterocycles. The van der Waals surface area contributed by atoms with E-state index in [0.29, 0.717) is 49.4 Å². The zero-order valence-corrected chi connectivity index (χ0v) is 19.2. The highest BCUT2D eigenvalue weighted by molar-refractivity contribution is 7.92. The van der Waals surface area contributed by atoms with Gasteiger partial charge in [0.2, 0.25) is 5.91 Å². The van der Waals surface area contributed by atoms with Crippen molar-refractivity contribution in [2.45, 2.75) is 37.1 Å². The van der Waals surface area contributed by atoms with E-state index in [4.69, 9.17) is 4.74 Å². The Morgan fingerprint density at radius 1 is 1.12 bits per heavy atom. The van der Waals surface area contributed by atoms with Gasteiger partial charge in [-0.15, -0.1) is 0 Å². The number of nitrogens with one attached hydrogen (secondary N) is 2. The van der Waals surface area contributed by atoms with E-state index in [1.54, 1.807) is 67.5 Å². The number of rotatable bonds is 9. The summed E-state index contributed by atoms with van der Waals surface area (Å²) in [6.45, 7) is 3.31. The van der Waals surface area contributed by atoms with E-state index in [1.165, 1.54) is 0 Å². The van der Waals surface area contributed by atoms with Crippen LogP contribution in [0.2, 0.25) is 0 Å². The molecule has 172 valence electrons. The minimum absolute atomic E-state index is 0.158. The molecule has 3 rings (SSSR count). The number of methoxy groups -OCH3 is 1. The van der Waals surface area contributed by atoms with Crippen molar-refractivity contribution in [3.8, 4) is 0 Å². The average molecular weight is 460 g/mol. The van der Waals surface area contributed by atoms with Gasteiger partial charge in [0.15, 0.2) is 0 Å². The second kappa shape index (κ2) is 10.6. The number of amides is 2. The van der Waals surface area contributed by atoms with Crippen LogP contribution in [0.15, 0.2) is 53.4 Å². The largest absolute Gasteiger partial charge is 0.385 e. The van der Waals surface area contributed by atoms with Crippen molar-refractivity contribution in [3.63, 3.8) is 0 Å². The fourth-order valence-electron chi connectivity index (χ4n) is 3.74. The van der Waals surface area contributed by atoms with Crippen LogP contribution in [0.4, 0.5) is 5.69 Å². The highest BCUT2D eigenvalue weighted by atomic mass is 32.2. The zero-order chi connectivity index (χ0) is 23.1. The minimum atomic E-state index is -3.73. The predicted molar refractivity (Wildman–Crippen MR) is 122 cm³/mol. The van der Waals surface area contributed by atoms with E-state index in [2.05, 4.69) is 10.0 Å². The molecule has 2 amide bonds. The maximum Gasteiger partial charge on any atom is 0.262 e. The number of nitrogens with zero attached hydrogens (tertiary/aromatic N) is 1. The molecule has 1 saturated heterocycles. The van der Waals surface area contributed by atoms with E-state index in [-0.39, 0.29) is 16.7 Å². The summed E-state index contributed by atoms with van der Waals surface area (Å²) in [5.74, 6) is -0.401. The summed E-state index contributed by atoms with van der Waals surface area (Å²) in [6.07, 6.45) is 2.09. The van der Waals surface area contributed by atoms with Crippen LogP contribution in [0.25, 0.3) is 0 Å². The topological polar surface area (TPSA) is 105 Å². The number of hydrogen-bond donors (Lipinski definition) is 2. The standard InChI is InChI=1S/C23H29N3O5S/c1-17-7-3-4-9-21(17)32(29,30)25-19-12-10-18(11-13-19)23(28)26-15-5-8-20(26)22(27)24-14-6-16-31-2/h3-4,7,9-13,20,25H,5-6,8,14-16H2,1-2H3,(H,24,27)/t20-/m0/s1. The molecule has 32 heavy (non-hydrogen) atoms. The van der Waals surface area contributed by atoms with Gasteiger partial charge in [0.05, 0.1) is 4.90 Å². The third-order valence-corrected chi connectivity index (χ3v) is 6.95. The van der Waals surface area contributed by atoms with Crippen molar-refractivity contribution in [1.29, 1.82) is 0 Å². The first-order chi connectivity index (χ1) is 15.3. The molecule has 2 aromatic carbocycles. The van der Waals surface area contributed by atoms with Crippen LogP contribution in [0.5, 0.6) is 0 Å². The molecule has 0 saturated carbocycles. The lowest BCUT2D eigenvalue weighted by molar-refractivity contribution is -0.124. The molecular formula is C23H29N3O5S. The van der Waals surface area contributed by atoms with E-state index < -0.39 is 16.1 Å². The van der Waals surface area contributed by atoms with E-state index >= 15 is 0 Å². The molecule has 0 unspecified atom stereocenters. The number of carbonyl (C=O) groups is 2. The second-order valence-electron chi connectivity index (χ2n) is 7.74. The lowest BCUT2D eigenvalue weighted by atomic mass is 10.1. The smallest absolute Gasteiger partial charge is 0.262 e. The van der Waals surface area contributed by atoms with Crippen molar-refractivity contribution in [2.24, 2.45) is 0 Å². The molecule has 9 heteroatoms. The minimum Gasteiger partial charge on any atom is -0.385 e. The highest BCUT2D eigenvalue weighted by Crippen LogP contribution is 2.23.